The number of ketones is 1. The van der Waals surface area contributed by atoms with Crippen molar-refractivity contribution in [3.63, 3.8) is 0 Å². The Labute approximate surface area is 166 Å². The van der Waals surface area contributed by atoms with Gasteiger partial charge in [-0.3, -0.25) is 14.6 Å². The van der Waals surface area contributed by atoms with Crippen molar-refractivity contribution in [1.29, 1.82) is 0 Å². The molecule has 0 saturated heterocycles. The van der Waals surface area contributed by atoms with E-state index in [-0.39, 0.29) is 28.7 Å². The number of nitrogen functional groups attached to an aromatic ring is 1. The van der Waals surface area contributed by atoms with Crippen molar-refractivity contribution in [2.45, 2.75) is 96.8 Å². The minimum absolute atomic E-state index is 0.000470. The second-order valence-corrected chi connectivity index (χ2v) is 7.65. The number of carbonyl (C=O) groups is 1. The summed E-state index contributed by atoms with van der Waals surface area (Å²) in [5.41, 5.74) is 5.47. The lowest BCUT2D eigenvalue weighted by Gasteiger charge is -2.03. The summed E-state index contributed by atoms with van der Waals surface area (Å²) in [5.74, 6) is 0.107. The van der Waals surface area contributed by atoms with E-state index in [9.17, 15) is 9.59 Å². The van der Waals surface area contributed by atoms with Crippen LogP contribution < -0.4 is 11.3 Å². The fraction of sp³-hybridized carbons (Fsp3) is 0.714. The fourth-order valence-electron chi connectivity index (χ4n) is 3.48. The van der Waals surface area contributed by atoms with E-state index in [4.69, 9.17) is 5.73 Å². The number of hydrogen-bond acceptors (Lipinski definition) is 5. The average molecular weight is 390 g/mol. The van der Waals surface area contributed by atoms with Gasteiger partial charge in [-0.2, -0.15) is 4.98 Å². The lowest BCUT2D eigenvalue weighted by Crippen LogP contribution is -2.11. The van der Waals surface area contributed by atoms with Gasteiger partial charge in [-0.25, -0.2) is 4.98 Å². The van der Waals surface area contributed by atoms with E-state index in [1.54, 1.807) is 0 Å². The molecule has 0 aromatic carbocycles. The molecule has 2 aromatic rings. The summed E-state index contributed by atoms with van der Waals surface area (Å²) in [5, 5.41) is 0. The molecule has 0 unspecified atom stereocenters. The van der Waals surface area contributed by atoms with Gasteiger partial charge < -0.3 is 10.7 Å². The van der Waals surface area contributed by atoms with Gasteiger partial charge in [0.15, 0.2) is 22.8 Å². The molecule has 0 bridgehead atoms. The van der Waals surface area contributed by atoms with Gasteiger partial charge in [0.2, 0.25) is 5.95 Å². The Kier molecular flexibility index (Phi) is 9.72. The highest BCUT2D eigenvalue weighted by Crippen LogP contribution is 2.14. The van der Waals surface area contributed by atoms with Gasteiger partial charge in [0, 0.05) is 6.42 Å². The number of unbranched alkanes of at least 4 members (excludes halogenated alkanes) is 12. The second-order valence-electron chi connectivity index (χ2n) is 7.65. The largest absolute Gasteiger partial charge is 0.369 e. The number of rotatable bonds is 15. The monoisotopic (exact) mass is 389 g/mol. The first kappa shape index (κ1) is 22.1. The van der Waals surface area contributed by atoms with Crippen molar-refractivity contribution in [3.8, 4) is 0 Å². The number of H-pyrrole nitrogens is 2. The Morgan fingerprint density at radius 2 is 1.36 bits per heavy atom. The van der Waals surface area contributed by atoms with Gasteiger partial charge in [-0.05, 0) is 6.42 Å². The molecule has 2 rings (SSSR count). The molecule has 2 heterocycles. The number of imidazole rings is 1. The Morgan fingerprint density at radius 3 is 1.93 bits per heavy atom. The number of carbonyl (C=O) groups excluding carboxylic acids is 1. The van der Waals surface area contributed by atoms with Crippen LogP contribution in [0.1, 0.15) is 107 Å². The third-order valence-electron chi connectivity index (χ3n) is 5.15. The number of Topliss-reactive ketones (excluding diaryl/α,β-unsaturated/α-hetero) is 1. The van der Waals surface area contributed by atoms with E-state index in [1.807, 2.05) is 0 Å². The lowest BCUT2D eigenvalue weighted by atomic mass is 10.0. The summed E-state index contributed by atoms with van der Waals surface area (Å²) in [4.78, 5) is 37.2. The first-order chi connectivity index (χ1) is 13.6. The molecule has 0 saturated carbocycles. The predicted octanol–water partition coefficient (Wildman–Crippen LogP) is 4.89. The minimum atomic E-state index is -0.407. The Morgan fingerprint density at radius 1 is 0.821 bits per heavy atom. The Hall–Kier alpha value is -2.18. The quantitative estimate of drug-likeness (QED) is 0.296. The number of aromatic amines is 2. The maximum Gasteiger partial charge on any atom is 0.278 e. The van der Waals surface area contributed by atoms with Crippen LogP contribution >= 0.6 is 0 Å². The van der Waals surface area contributed by atoms with Crippen LogP contribution in [0.15, 0.2) is 4.79 Å². The first-order valence-corrected chi connectivity index (χ1v) is 10.9. The molecule has 0 fully saturated rings. The molecule has 2 aromatic heterocycles. The summed E-state index contributed by atoms with van der Waals surface area (Å²) in [7, 11) is 0. The molecule has 28 heavy (non-hydrogen) atoms. The highest BCUT2D eigenvalue weighted by Gasteiger charge is 2.14. The molecule has 0 atom stereocenters. The van der Waals surface area contributed by atoms with Gasteiger partial charge in [0.1, 0.15) is 0 Å². The molecule has 7 nitrogen and oxygen atoms in total. The van der Waals surface area contributed by atoms with Crippen LogP contribution in [0, 0.1) is 0 Å². The highest BCUT2D eigenvalue weighted by atomic mass is 16.1. The van der Waals surface area contributed by atoms with Crippen LogP contribution in [0.4, 0.5) is 5.95 Å². The molecule has 0 amide bonds. The van der Waals surface area contributed by atoms with Gasteiger partial charge in [-0.1, -0.05) is 84.0 Å². The molecule has 4 N–H and O–H groups in total. The molecule has 0 radical (unpaired) electrons. The zero-order valence-electron chi connectivity index (χ0n) is 17.2. The average Bonchev–Trinajstić information content (AvgIpc) is 3.10. The number of nitrogens with zero attached hydrogens (tertiary/aromatic N) is 2. The lowest BCUT2D eigenvalue weighted by molar-refractivity contribution is 0.0970. The normalized spacial score (nSPS) is 11.3. The molecule has 0 spiro atoms. The SMILES string of the molecule is CCCCCCCCCCCCCCCC(=O)c1nc2nc(N)[nH]c(=O)c2[nH]1. The van der Waals surface area contributed by atoms with Gasteiger partial charge in [0.25, 0.3) is 5.56 Å². The summed E-state index contributed by atoms with van der Waals surface area (Å²) in [6, 6.07) is 0. The highest BCUT2D eigenvalue weighted by molar-refractivity contribution is 5.95. The van der Waals surface area contributed by atoms with Crippen molar-refractivity contribution in [2.24, 2.45) is 0 Å². The first-order valence-electron chi connectivity index (χ1n) is 10.9. The van der Waals surface area contributed by atoms with E-state index >= 15 is 0 Å². The minimum Gasteiger partial charge on any atom is -0.369 e. The Bertz CT molecular complexity index is 781. The summed E-state index contributed by atoms with van der Waals surface area (Å²) in [6.07, 6.45) is 17.0. The molecule has 7 heteroatoms. The summed E-state index contributed by atoms with van der Waals surface area (Å²) < 4.78 is 0. The fourth-order valence-corrected chi connectivity index (χ4v) is 3.48. The van der Waals surface area contributed by atoms with Crippen LogP contribution in [0.3, 0.4) is 0 Å². The third-order valence-corrected chi connectivity index (χ3v) is 5.15. The Balaban J connectivity index is 1.52. The number of aromatic nitrogens is 4. The van der Waals surface area contributed by atoms with Gasteiger partial charge in [0.05, 0.1) is 0 Å². The molecule has 0 aliphatic rings. The van der Waals surface area contributed by atoms with Crippen LogP contribution in [0.25, 0.3) is 11.2 Å². The molecule has 156 valence electrons. The van der Waals surface area contributed by atoms with Gasteiger partial charge in [-0.15, -0.1) is 0 Å². The molecule has 0 aliphatic heterocycles. The maximum absolute atomic E-state index is 12.2. The smallest absolute Gasteiger partial charge is 0.278 e. The van der Waals surface area contributed by atoms with E-state index in [0.29, 0.717) is 6.42 Å². The second kappa shape index (κ2) is 12.3. The number of nitrogens with one attached hydrogen (secondary N) is 2. The van der Waals surface area contributed by atoms with Gasteiger partial charge >= 0.3 is 0 Å². The summed E-state index contributed by atoms with van der Waals surface area (Å²) >= 11 is 0. The van der Waals surface area contributed by atoms with E-state index < -0.39 is 5.56 Å². The zero-order chi connectivity index (χ0) is 20.2. The van der Waals surface area contributed by atoms with Crippen molar-refractivity contribution >= 4 is 22.9 Å². The number of fused-ring (bicyclic) bond motifs is 1. The maximum atomic E-state index is 12.2. The van der Waals surface area contributed by atoms with Crippen LogP contribution in [0.5, 0.6) is 0 Å². The zero-order valence-corrected chi connectivity index (χ0v) is 17.2. The summed E-state index contributed by atoms with van der Waals surface area (Å²) in [6.45, 7) is 2.26. The standard InChI is InChI=1S/C21H35N5O2/c1-2-3-4-5-6-7-8-9-10-11-12-13-14-15-16(27)18-23-17-19(24-18)25-21(22)26-20(17)28/h2-15H2,1H3,(H4,22,23,24,25,26,28). The van der Waals surface area contributed by atoms with E-state index in [2.05, 4.69) is 26.9 Å². The van der Waals surface area contributed by atoms with Crippen LogP contribution in [-0.4, -0.2) is 25.7 Å². The predicted molar refractivity (Wildman–Crippen MR) is 114 cm³/mol. The van der Waals surface area contributed by atoms with Crippen molar-refractivity contribution in [3.05, 3.63) is 16.2 Å². The number of anilines is 1. The van der Waals surface area contributed by atoms with Crippen molar-refractivity contribution in [2.75, 3.05) is 5.73 Å². The van der Waals surface area contributed by atoms with Crippen LogP contribution in [-0.2, 0) is 0 Å². The number of hydrogen-bond donors (Lipinski definition) is 3. The van der Waals surface area contributed by atoms with E-state index in [1.165, 1.54) is 70.6 Å². The van der Waals surface area contributed by atoms with Crippen LogP contribution in [0.2, 0.25) is 0 Å². The number of nitrogens with two attached hydrogens (primary N) is 1. The topological polar surface area (TPSA) is 118 Å². The van der Waals surface area contributed by atoms with E-state index in [0.717, 1.165) is 12.8 Å². The van der Waals surface area contributed by atoms with Crippen molar-refractivity contribution < 1.29 is 4.79 Å². The molecular formula is C21H35N5O2. The molecular weight excluding hydrogens is 354 g/mol. The third kappa shape index (κ3) is 7.44. The van der Waals surface area contributed by atoms with Crippen molar-refractivity contribution in [1.82, 2.24) is 19.9 Å². The molecule has 0 aliphatic carbocycles.